The number of aromatic nitrogens is 1. The highest BCUT2D eigenvalue weighted by Gasteiger charge is 2.21. The Morgan fingerprint density at radius 2 is 3.00 bits per heavy atom. The van der Waals surface area contributed by atoms with Crippen LogP contribution >= 0.6 is 0 Å². The maximum atomic E-state index is 8.47. The van der Waals surface area contributed by atoms with Gasteiger partial charge in [-0.1, -0.05) is 6.04 Å². The third-order valence-electron chi connectivity index (χ3n) is 1.42. The lowest BCUT2D eigenvalue weighted by atomic mass is 10.1. The Morgan fingerprint density at radius 1 is 2.00 bits per heavy atom. The Morgan fingerprint density at radius 3 is 3.92 bits per heavy atom. The highest BCUT2D eigenvalue weighted by Crippen LogP contribution is 2.29. The van der Waals surface area contributed by atoms with Crippen LogP contribution in [0.15, 0.2) is 24.4 Å². The highest BCUT2D eigenvalue weighted by molar-refractivity contribution is 5.14. The van der Waals surface area contributed by atoms with E-state index in [4.69, 9.17) is 16.4 Å². The molecule has 0 unspecified atom stereocenters. The quantitative estimate of drug-likeness (QED) is 0.646. The van der Waals surface area contributed by atoms with E-state index >= 15 is 0 Å². The molecule has 2 rings (SSSR count). The van der Waals surface area contributed by atoms with Crippen molar-refractivity contribution in [3.8, 4) is 0 Å². The zero-order valence-corrected chi connectivity index (χ0v) is 6.10. The molecule has 0 spiro atoms. The van der Waals surface area contributed by atoms with Gasteiger partial charge in [0.2, 0.25) is 0 Å². The van der Waals surface area contributed by atoms with E-state index in [1.54, 1.807) is 0 Å². The lowest BCUT2D eigenvalue weighted by molar-refractivity contribution is 0.317. The molecule has 1 aliphatic heterocycles. The van der Waals surface area contributed by atoms with Crippen LogP contribution in [0, 0.1) is 0 Å². The largest absolute Gasteiger partial charge is 0.299 e. The normalized spacial score (nSPS) is 54.7. The Bertz CT molecular complexity index is 683. The molecule has 1 aliphatic rings. The Labute approximate surface area is 90.1 Å². The van der Waals surface area contributed by atoms with E-state index in [0.29, 0.717) is 0 Å². The minimum Gasteiger partial charge on any atom is -0.299 e. The SMILES string of the molecule is [2H]c1nc([2H])c([C@@]2([2H])N(C([2H])([2H])[2H])CC([2H])([2H])C2([2H])[2H])c([2H])c1[2H]. The third-order valence-corrected chi connectivity index (χ3v) is 1.42. The minimum atomic E-state index is -3.11. The molecule has 1 saturated heterocycles. The molecule has 1 atom stereocenters. The standard InChI is InChI=1S/C10H14N2/c1-12-7-3-5-10(12)9-4-2-6-11-8-9/h2,4,6,8,10H,3,5,7H2,1H3/t10-/m0/s1/i1D3,2D,3D2,4D,5D2,6D,8D,10D. The Balaban J connectivity index is 2.89. The van der Waals surface area contributed by atoms with Crippen molar-refractivity contribution >= 4 is 0 Å². The number of hydrogen-bond donors (Lipinski definition) is 0. The van der Waals surface area contributed by atoms with Gasteiger partial charge in [0.15, 0.2) is 0 Å². The Kier molecular flexibility index (Phi) is 0.526. The molecule has 2 heteroatoms. The predicted molar refractivity (Wildman–Crippen MR) is 48.8 cm³/mol. The fourth-order valence-electron chi connectivity index (χ4n) is 0.889. The first-order valence-electron chi connectivity index (χ1n) is 9.31. The van der Waals surface area contributed by atoms with Crippen LogP contribution in [0.1, 0.15) is 40.8 Å². The van der Waals surface area contributed by atoms with Gasteiger partial charge in [0.1, 0.15) is 0 Å². The topological polar surface area (TPSA) is 16.1 Å². The Hall–Kier alpha value is -0.890. The second-order valence-corrected chi connectivity index (χ2v) is 2.20. The van der Waals surface area contributed by atoms with Crippen molar-refractivity contribution < 1.29 is 16.4 Å². The van der Waals surface area contributed by atoms with E-state index in [1.807, 2.05) is 0 Å². The van der Waals surface area contributed by atoms with Crippen molar-refractivity contribution in [2.24, 2.45) is 0 Å². The highest BCUT2D eigenvalue weighted by atomic mass is 15.1. The van der Waals surface area contributed by atoms with Crippen LogP contribution < -0.4 is 0 Å². The number of likely N-dealkylation sites (tertiary alicyclic amines) is 1. The molecule has 2 heterocycles. The smallest absolute Gasteiger partial charge is 0.0843 e. The first-order valence-corrected chi connectivity index (χ1v) is 3.31. The molecular formula is C10H14N2. The number of nitrogens with zero attached hydrogens (tertiary/aromatic N) is 2. The molecule has 1 fully saturated rings. The fourth-order valence-corrected chi connectivity index (χ4v) is 0.889. The number of rotatable bonds is 1. The maximum Gasteiger partial charge on any atom is 0.0843 e. The molecule has 2 nitrogen and oxygen atoms in total. The molecule has 0 aliphatic carbocycles. The van der Waals surface area contributed by atoms with Crippen molar-refractivity contribution in [2.75, 3.05) is 13.5 Å². The summed E-state index contributed by atoms with van der Waals surface area (Å²) in [7, 11) is 0. The summed E-state index contributed by atoms with van der Waals surface area (Å²) in [5.74, 6) is 0. The molecule has 0 aromatic carbocycles. The van der Waals surface area contributed by atoms with Crippen LogP contribution in [0.3, 0.4) is 0 Å². The zero-order valence-electron chi connectivity index (χ0n) is 18.1. The van der Waals surface area contributed by atoms with Gasteiger partial charge in [-0.3, -0.25) is 9.88 Å². The van der Waals surface area contributed by atoms with Gasteiger partial charge in [-0.2, -0.15) is 0 Å². The lowest BCUT2D eigenvalue weighted by Gasteiger charge is -2.18. The lowest BCUT2D eigenvalue weighted by Crippen LogP contribution is -2.17. The van der Waals surface area contributed by atoms with Crippen LogP contribution in [0.25, 0.3) is 0 Å². The van der Waals surface area contributed by atoms with E-state index in [9.17, 15) is 0 Å². The molecule has 0 radical (unpaired) electrons. The molecule has 0 N–H and O–H groups in total. The molecule has 64 valence electrons. The number of pyridine rings is 1. The summed E-state index contributed by atoms with van der Waals surface area (Å²) >= 11 is 0. The van der Waals surface area contributed by atoms with Crippen molar-refractivity contribution in [1.29, 1.82) is 0 Å². The van der Waals surface area contributed by atoms with Gasteiger partial charge in [-0.25, -0.2) is 0 Å². The van der Waals surface area contributed by atoms with E-state index in [1.165, 1.54) is 0 Å². The predicted octanol–water partition coefficient (Wildman–Crippen LogP) is 1.85. The summed E-state index contributed by atoms with van der Waals surface area (Å²) in [6.07, 6.45) is -7.51. The molecule has 12 heavy (non-hydrogen) atoms. The second-order valence-electron chi connectivity index (χ2n) is 2.20. The first kappa shape index (κ1) is 1.95. The molecule has 0 saturated carbocycles. The van der Waals surface area contributed by atoms with Gasteiger partial charge >= 0.3 is 0 Å². The summed E-state index contributed by atoms with van der Waals surface area (Å²) in [6, 6.07) is -4.65. The number of hydrogen-bond acceptors (Lipinski definition) is 2. The maximum absolute atomic E-state index is 8.47. The van der Waals surface area contributed by atoms with Crippen LogP contribution in [0.4, 0.5) is 0 Å². The van der Waals surface area contributed by atoms with Crippen LogP contribution in [-0.2, 0) is 0 Å². The van der Waals surface area contributed by atoms with Gasteiger partial charge in [-0.05, 0) is 37.9 Å². The van der Waals surface area contributed by atoms with Gasteiger partial charge in [0, 0.05) is 28.0 Å². The van der Waals surface area contributed by atoms with Crippen LogP contribution in [-0.4, -0.2) is 23.4 Å². The van der Waals surface area contributed by atoms with Crippen molar-refractivity contribution in [1.82, 2.24) is 9.88 Å². The van der Waals surface area contributed by atoms with Crippen LogP contribution in [0.2, 0.25) is 0 Å². The monoisotopic (exact) mass is 174 g/mol. The molecular weight excluding hydrogens is 148 g/mol. The molecule has 1 aromatic rings. The summed E-state index contributed by atoms with van der Waals surface area (Å²) in [5.41, 5.74) is -0.842. The fraction of sp³-hybridized carbons (Fsp3) is 0.500. The summed E-state index contributed by atoms with van der Waals surface area (Å²) in [5, 5.41) is 0. The molecule has 1 aromatic heterocycles. The van der Waals surface area contributed by atoms with Crippen LogP contribution in [0.5, 0.6) is 0 Å². The average molecular weight is 174 g/mol. The van der Waals surface area contributed by atoms with Crippen molar-refractivity contribution in [3.63, 3.8) is 0 Å². The van der Waals surface area contributed by atoms with Gasteiger partial charge < -0.3 is 0 Å². The van der Waals surface area contributed by atoms with Gasteiger partial charge in [-0.15, -0.1) is 0 Å². The van der Waals surface area contributed by atoms with Crippen molar-refractivity contribution in [3.05, 3.63) is 30.0 Å². The second kappa shape index (κ2) is 3.23. The van der Waals surface area contributed by atoms with Crippen molar-refractivity contribution in [2.45, 2.75) is 18.8 Å². The molecule has 0 amide bonds. The molecule has 0 bridgehead atoms. The van der Waals surface area contributed by atoms with E-state index in [-0.39, 0.29) is 4.90 Å². The summed E-state index contributed by atoms with van der Waals surface area (Å²) in [4.78, 5) is 3.62. The average Bonchev–Trinajstić information content (AvgIpc) is 2.54. The van der Waals surface area contributed by atoms with E-state index in [2.05, 4.69) is 4.98 Å². The first-order chi connectivity index (χ1) is 10.6. The minimum absolute atomic E-state index is 0.260. The van der Waals surface area contributed by atoms with Gasteiger partial charge in [0.25, 0.3) is 0 Å². The summed E-state index contributed by atoms with van der Waals surface area (Å²) in [6.45, 7) is -4.05. The van der Waals surface area contributed by atoms with E-state index < -0.39 is 62.3 Å². The van der Waals surface area contributed by atoms with E-state index in [0.717, 1.165) is 0 Å². The third kappa shape index (κ3) is 1.34. The van der Waals surface area contributed by atoms with Gasteiger partial charge in [0.05, 0.1) is 6.85 Å². The summed E-state index contributed by atoms with van der Waals surface area (Å²) < 4.78 is 93.3. The zero-order chi connectivity index (χ0) is 18.9.